The van der Waals surface area contributed by atoms with E-state index in [9.17, 15) is 4.39 Å². The number of hydrogen-bond donors (Lipinski definition) is 0. The van der Waals surface area contributed by atoms with Gasteiger partial charge in [-0.05, 0) is 17.7 Å². The van der Waals surface area contributed by atoms with Crippen molar-refractivity contribution in [3.8, 4) is 11.8 Å². The highest BCUT2D eigenvalue weighted by Crippen LogP contribution is 2.13. The lowest BCUT2D eigenvalue weighted by atomic mass is 10.1. The van der Waals surface area contributed by atoms with Crippen LogP contribution in [0.2, 0.25) is 0 Å². The molecule has 15 heavy (non-hydrogen) atoms. The zero-order valence-corrected chi connectivity index (χ0v) is 7.76. The summed E-state index contributed by atoms with van der Waals surface area (Å²) in [5.74, 6) is -0.409. The van der Waals surface area contributed by atoms with Crippen LogP contribution in [-0.4, -0.2) is 14.8 Å². The average Bonchev–Trinajstić information content (AvgIpc) is 2.71. The molecule has 0 aliphatic rings. The van der Waals surface area contributed by atoms with Crippen LogP contribution < -0.4 is 0 Å². The summed E-state index contributed by atoms with van der Waals surface area (Å²) in [7, 11) is 0. The molecule has 0 saturated heterocycles. The van der Waals surface area contributed by atoms with E-state index in [1.165, 1.54) is 23.4 Å². The van der Waals surface area contributed by atoms with Crippen LogP contribution >= 0.6 is 0 Å². The first-order valence-corrected chi connectivity index (χ1v) is 4.31. The Kier molecular flexibility index (Phi) is 2.42. The fraction of sp³-hybridized carbons (Fsp3) is 0.100. The van der Waals surface area contributed by atoms with E-state index in [2.05, 4.69) is 10.1 Å². The number of nitrogens with zero attached hydrogens (tertiary/aromatic N) is 4. The molecule has 0 amide bonds. The van der Waals surface area contributed by atoms with Crippen molar-refractivity contribution >= 4 is 0 Å². The Morgan fingerprint density at radius 2 is 2.33 bits per heavy atom. The third kappa shape index (κ3) is 1.83. The van der Waals surface area contributed by atoms with Gasteiger partial charge in [0, 0.05) is 0 Å². The molecule has 2 rings (SSSR count). The molecular formula is C10H7FN4. The van der Waals surface area contributed by atoms with Crippen molar-refractivity contribution in [1.29, 1.82) is 5.26 Å². The summed E-state index contributed by atoms with van der Waals surface area (Å²) in [6.07, 6.45) is 2.96. The minimum atomic E-state index is -0.409. The minimum Gasteiger partial charge on any atom is -0.223 e. The third-order valence-electron chi connectivity index (χ3n) is 1.96. The normalized spacial score (nSPS) is 9.87. The fourth-order valence-electron chi connectivity index (χ4n) is 1.27. The number of halogens is 1. The highest BCUT2D eigenvalue weighted by atomic mass is 19.1. The Bertz CT molecular complexity index is 499. The second-order valence-corrected chi connectivity index (χ2v) is 2.96. The Hall–Kier alpha value is -2.22. The van der Waals surface area contributed by atoms with Crippen molar-refractivity contribution in [2.75, 3.05) is 0 Å². The van der Waals surface area contributed by atoms with Gasteiger partial charge >= 0.3 is 0 Å². The molecule has 0 atom stereocenters. The first kappa shape index (κ1) is 9.34. The molecule has 0 aliphatic heterocycles. The molecule has 1 heterocycles. The number of hydrogen-bond acceptors (Lipinski definition) is 3. The van der Waals surface area contributed by atoms with Gasteiger partial charge < -0.3 is 0 Å². The van der Waals surface area contributed by atoms with Gasteiger partial charge in [0.1, 0.15) is 24.2 Å². The standard InChI is InChI=1S/C10H7FN4/c11-9-5-8(3-4-12)1-2-10(9)15-7-13-6-14-15/h1-2,5-7H,3H2. The molecule has 0 aliphatic carbocycles. The molecule has 1 aromatic carbocycles. The van der Waals surface area contributed by atoms with Crippen molar-refractivity contribution in [2.45, 2.75) is 6.42 Å². The van der Waals surface area contributed by atoms with E-state index in [4.69, 9.17) is 5.26 Å². The van der Waals surface area contributed by atoms with Crippen LogP contribution in [0.3, 0.4) is 0 Å². The van der Waals surface area contributed by atoms with Crippen molar-refractivity contribution in [3.63, 3.8) is 0 Å². The summed E-state index contributed by atoms with van der Waals surface area (Å²) in [5, 5.41) is 12.3. The molecule has 5 heteroatoms. The Morgan fingerprint density at radius 1 is 1.47 bits per heavy atom. The van der Waals surface area contributed by atoms with Crippen molar-refractivity contribution < 1.29 is 4.39 Å². The van der Waals surface area contributed by atoms with Gasteiger partial charge in [0.2, 0.25) is 0 Å². The molecule has 0 spiro atoms. The minimum absolute atomic E-state index is 0.203. The van der Waals surface area contributed by atoms with E-state index in [-0.39, 0.29) is 6.42 Å². The molecule has 0 radical (unpaired) electrons. The molecule has 0 unspecified atom stereocenters. The maximum absolute atomic E-state index is 13.5. The van der Waals surface area contributed by atoms with Crippen LogP contribution in [0, 0.1) is 17.1 Å². The van der Waals surface area contributed by atoms with E-state index in [0.29, 0.717) is 11.3 Å². The maximum atomic E-state index is 13.5. The average molecular weight is 202 g/mol. The van der Waals surface area contributed by atoms with Gasteiger partial charge in [0.15, 0.2) is 0 Å². The number of rotatable bonds is 2. The fourth-order valence-corrected chi connectivity index (χ4v) is 1.27. The zero-order valence-electron chi connectivity index (χ0n) is 7.76. The monoisotopic (exact) mass is 202 g/mol. The Labute approximate surface area is 85.6 Å². The van der Waals surface area contributed by atoms with Crippen LogP contribution in [0.25, 0.3) is 5.69 Å². The van der Waals surface area contributed by atoms with Crippen LogP contribution in [0.15, 0.2) is 30.9 Å². The molecule has 0 fully saturated rings. The lowest BCUT2D eigenvalue weighted by Crippen LogP contribution is -1.99. The van der Waals surface area contributed by atoms with Gasteiger partial charge in [-0.25, -0.2) is 14.1 Å². The van der Waals surface area contributed by atoms with Crippen LogP contribution in [0.5, 0.6) is 0 Å². The lowest BCUT2D eigenvalue weighted by molar-refractivity contribution is 0.609. The van der Waals surface area contributed by atoms with Crippen LogP contribution in [0.1, 0.15) is 5.56 Å². The summed E-state index contributed by atoms with van der Waals surface area (Å²) in [4.78, 5) is 3.73. The number of nitriles is 1. The first-order valence-electron chi connectivity index (χ1n) is 4.31. The summed E-state index contributed by atoms with van der Waals surface area (Å²) in [6.45, 7) is 0. The summed E-state index contributed by atoms with van der Waals surface area (Å²) < 4.78 is 14.9. The molecular weight excluding hydrogens is 195 g/mol. The predicted molar refractivity (Wildman–Crippen MR) is 50.6 cm³/mol. The summed E-state index contributed by atoms with van der Waals surface area (Å²) >= 11 is 0. The van der Waals surface area contributed by atoms with Gasteiger partial charge in [-0.3, -0.25) is 0 Å². The van der Waals surface area contributed by atoms with E-state index >= 15 is 0 Å². The summed E-state index contributed by atoms with van der Waals surface area (Å²) in [6, 6.07) is 6.58. The largest absolute Gasteiger partial charge is 0.223 e. The van der Waals surface area contributed by atoms with Gasteiger partial charge in [0.05, 0.1) is 12.5 Å². The Morgan fingerprint density at radius 3 is 2.93 bits per heavy atom. The molecule has 74 valence electrons. The second-order valence-electron chi connectivity index (χ2n) is 2.96. The van der Waals surface area contributed by atoms with E-state index < -0.39 is 5.82 Å². The number of benzene rings is 1. The van der Waals surface area contributed by atoms with Gasteiger partial charge in [-0.15, -0.1) is 0 Å². The summed E-state index contributed by atoms with van der Waals surface area (Å²) in [5.41, 5.74) is 0.980. The number of aromatic nitrogens is 3. The molecule has 2 aromatic rings. The Balaban J connectivity index is 2.40. The topological polar surface area (TPSA) is 54.5 Å². The molecule has 0 N–H and O–H groups in total. The maximum Gasteiger partial charge on any atom is 0.149 e. The molecule has 0 saturated carbocycles. The van der Waals surface area contributed by atoms with Gasteiger partial charge in [0.25, 0.3) is 0 Å². The van der Waals surface area contributed by atoms with Crippen LogP contribution in [-0.2, 0) is 6.42 Å². The zero-order chi connectivity index (χ0) is 10.7. The smallest absolute Gasteiger partial charge is 0.149 e. The van der Waals surface area contributed by atoms with E-state index in [1.54, 1.807) is 12.1 Å². The van der Waals surface area contributed by atoms with E-state index in [1.807, 2.05) is 6.07 Å². The molecule has 1 aromatic heterocycles. The van der Waals surface area contributed by atoms with Crippen LogP contribution in [0.4, 0.5) is 4.39 Å². The van der Waals surface area contributed by atoms with E-state index in [0.717, 1.165) is 0 Å². The van der Waals surface area contributed by atoms with Gasteiger partial charge in [-0.1, -0.05) is 6.07 Å². The predicted octanol–water partition coefficient (Wildman–Crippen LogP) is 1.47. The highest BCUT2D eigenvalue weighted by Gasteiger charge is 2.05. The third-order valence-corrected chi connectivity index (χ3v) is 1.96. The quantitative estimate of drug-likeness (QED) is 0.741. The van der Waals surface area contributed by atoms with Crippen molar-refractivity contribution in [3.05, 3.63) is 42.2 Å². The highest BCUT2D eigenvalue weighted by molar-refractivity contribution is 5.36. The van der Waals surface area contributed by atoms with Crippen molar-refractivity contribution in [1.82, 2.24) is 14.8 Å². The molecule has 4 nitrogen and oxygen atoms in total. The lowest BCUT2D eigenvalue weighted by Gasteiger charge is -2.03. The van der Waals surface area contributed by atoms with Crippen molar-refractivity contribution in [2.24, 2.45) is 0 Å². The SMILES string of the molecule is N#CCc1ccc(-n2cncn2)c(F)c1. The first-order chi connectivity index (χ1) is 7.31. The molecule has 0 bridgehead atoms. The second kappa shape index (κ2) is 3.88. The van der Waals surface area contributed by atoms with Gasteiger partial charge in [-0.2, -0.15) is 10.4 Å².